The minimum atomic E-state index is 0.141. The summed E-state index contributed by atoms with van der Waals surface area (Å²) >= 11 is 0. The average Bonchev–Trinajstić information content (AvgIpc) is 2.39. The molecule has 1 aromatic rings. The molecule has 0 saturated heterocycles. The fraction of sp³-hybridized carbons (Fsp3) is 0.500. The lowest BCUT2D eigenvalue weighted by atomic mass is 9.82. The summed E-state index contributed by atoms with van der Waals surface area (Å²) in [6, 6.07) is 7.68. The third-order valence-electron chi connectivity index (χ3n) is 3.50. The second kappa shape index (κ2) is 5.32. The summed E-state index contributed by atoms with van der Waals surface area (Å²) in [6.07, 6.45) is 3.75. The van der Waals surface area contributed by atoms with Gasteiger partial charge in [-0.2, -0.15) is 0 Å². The van der Waals surface area contributed by atoms with Gasteiger partial charge in [0.25, 0.3) is 0 Å². The number of carbonyl (C=O) groups excluding carboxylic acids is 1. The first-order chi connectivity index (χ1) is 8.20. The van der Waals surface area contributed by atoms with Crippen molar-refractivity contribution in [2.45, 2.75) is 31.7 Å². The number of hydrogen-bond donors (Lipinski definition) is 1. The molecule has 0 unspecified atom stereocenters. The highest BCUT2D eigenvalue weighted by atomic mass is 16.5. The Morgan fingerprint density at radius 2 is 2.00 bits per heavy atom. The molecule has 1 aromatic carbocycles. The Bertz CT molecular complexity index is 395. The van der Waals surface area contributed by atoms with Crippen LogP contribution in [0.25, 0.3) is 0 Å². The number of nitrogens with two attached hydrogens (primary N) is 1. The van der Waals surface area contributed by atoms with Crippen molar-refractivity contribution in [2.24, 2.45) is 11.7 Å². The predicted molar refractivity (Wildman–Crippen MR) is 67.3 cm³/mol. The van der Waals surface area contributed by atoms with Gasteiger partial charge in [-0.05, 0) is 37.8 Å². The molecule has 1 saturated carbocycles. The van der Waals surface area contributed by atoms with Crippen molar-refractivity contribution in [1.29, 1.82) is 0 Å². The SMILES string of the molecule is COc1cccc(C(=O)C2CCC(N)CC2)c1. The molecule has 0 spiro atoms. The molecule has 17 heavy (non-hydrogen) atoms. The predicted octanol–water partition coefficient (Wildman–Crippen LogP) is 2.40. The lowest BCUT2D eigenvalue weighted by molar-refractivity contribution is 0.0884. The molecule has 0 aliphatic heterocycles. The van der Waals surface area contributed by atoms with E-state index in [9.17, 15) is 4.79 Å². The molecule has 0 amide bonds. The van der Waals surface area contributed by atoms with Gasteiger partial charge in [-0.3, -0.25) is 4.79 Å². The van der Waals surface area contributed by atoms with Crippen molar-refractivity contribution in [3.8, 4) is 5.75 Å². The molecule has 1 aliphatic carbocycles. The van der Waals surface area contributed by atoms with Crippen LogP contribution in [-0.2, 0) is 0 Å². The largest absolute Gasteiger partial charge is 0.497 e. The Kier molecular flexibility index (Phi) is 3.79. The molecule has 1 fully saturated rings. The van der Waals surface area contributed by atoms with Gasteiger partial charge in [0.15, 0.2) is 5.78 Å². The first-order valence-corrected chi connectivity index (χ1v) is 6.14. The lowest BCUT2D eigenvalue weighted by Gasteiger charge is -2.25. The first-order valence-electron chi connectivity index (χ1n) is 6.14. The molecule has 92 valence electrons. The van der Waals surface area contributed by atoms with Gasteiger partial charge in [-0.15, -0.1) is 0 Å². The Morgan fingerprint density at radius 3 is 2.65 bits per heavy atom. The van der Waals surface area contributed by atoms with Crippen LogP contribution in [0.5, 0.6) is 5.75 Å². The van der Waals surface area contributed by atoms with Crippen molar-refractivity contribution >= 4 is 5.78 Å². The normalized spacial score (nSPS) is 24.4. The maximum absolute atomic E-state index is 12.3. The molecule has 0 bridgehead atoms. The van der Waals surface area contributed by atoms with Gasteiger partial charge in [0.1, 0.15) is 5.75 Å². The van der Waals surface area contributed by atoms with Gasteiger partial charge >= 0.3 is 0 Å². The number of ether oxygens (including phenoxy) is 1. The van der Waals surface area contributed by atoms with Gasteiger partial charge in [-0.25, -0.2) is 0 Å². The smallest absolute Gasteiger partial charge is 0.166 e. The van der Waals surface area contributed by atoms with Crippen LogP contribution >= 0.6 is 0 Å². The quantitative estimate of drug-likeness (QED) is 0.816. The Labute approximate surface area is 102 Å². The molecule has 0 heterocycles. The van der Waals surface area contributed by atoms with Crippen LogP contribution in [0.15, 0.2) is 24.3 Å². The second-order valence-electron chi connectivity index (χ2n) is 4.71. The molecular weight excluding hydrogens is 214 g/mol. The van der Waals surface area contributed by atoms with E-state index in [0.29, 0.717) is 0 Å². The zero-order chi connectivity index (χ0) is 12.3. The maximum Gasteiger partial charge on any atom is 0.166 e. The van der Waals surface area contributed by atoms with E-state index >= 15 is 0 Å². The number of ketones is 1. The van der Waals surface area contributed by atoms with E-state index in [1.165, 1.54) is 0 Å². The molecule has 3 heteroatoms. The summed E-state index contributed by atoms with van der Waals surface area (Å²) in [4.78, 5) is 12.3. The molecule has 2 N–H and O–H groups in total. The maximum atomic E-state index is 12.3. The number of hydrogen-bond acceptors (Lipinski definition) is 3. The third-order valence-corrected chi connectivity index (χ3v) is 3.50. The average molecular weight is 233 g/mol. The number of carbonyl (C=O) groups is 1. The highest BCUT2D eigenvalue weighted by Gasteiger charge is 2.25. The fourth-order valence-electron chi connectivity index (χ4n) is 2.39. The molecule has 0 atom stereocenters. The fourth-order valence-corrected chi connectivity index (χ4v) is 2.39. The Morgan fingerprint density at radius 1 is 1.29 bits per heavy atom. The van der Waals surface area contributed by atoms with Crippen LogP contribution in [0.4, 0.5) is 0 Å². The van der Waals surface area contributed by atoms with Crippen LogP contribution in [0.1, 0.15) is 36.0 Å². The molecule has 1 aliphatic rings. The van der Waals surface area contributed by atoms with Crippen molar-refractivity contribution < 1.29 is 9.53 Å². The van der Waals surface area contributed by atoms with Crippen LogP contribution in [0.2, 0.25) is 0 Å². The summed E-state index contributed by atoms with van der Waals surface area (Å²) in [5.41, 5.74) is 6.60. The van der Waals surface area contributed by atoms with E-state index in [-0.39, 0.29) is 17.7 Å². The van der Waals surface area contributed by atoms with E-state index < -0.39 is 0 Å². The number of Topliss-reactive ketones (excluding diaryl/α,β-unsaturated/α-hetero) is 1. The summed E-state index contributed by atoms with van der Waals surface area (Å²) in [7, 11) is 1.61. The highest BCUT2D eigenvalue weighted by Crippen LogP contribution is 2.27. The number of benzene rings is 1. The summed E-state index contributed by atoms with van der Waals surface area (Å²) in [5.74, 6) is 1.11. The summed E-state index contributed by atoms with van der Waals surface area (Å²) in [6.45, 7) is 0. The van der Waals surface area contributed by atoms with E-state index in [2.05, 4.69) is 0 Å². The highest BCUT2D eigenvalue weighted by molar-refractivity contribution is 5.98. The molecule has 0 aromatic heterocycles. The van der Waals surface area contributed by atoms with Gasteiger partial charge in [0.05, 0.1) is 7.11 Å². The topological polar surface area (TPSA) is 52.3 Å². The molecular formula is C14H19NO2. The van der Waals surface area contributed by atoms with Gasteiger partial charge in [0.2, 0.25) is 0 Å². The van der Waals surface area contributed by atoms with Crippen molar-refractivity contribution in [3.63, 3.8) is 0 Å². The van der Waals surface area contributed by atoms with E-state index in [4.69, 9.17) is 10.5 Å². The Balaban J connectivity index is 2.08. The standard InChI is InChI=1S/C14H19NO2/c1-17-13-4-2-3-11(9-13)14(16)10-5-7-12(15)8-6-10/h2-4,9-10,12H,5-8,15H2,1H3. The zero-order valence-electron chi connectivity index (χ0n) is 10.2. The van der Waals surface area contributed by atoms with Gasteiger partial charge in [-0.1, -0.05) is 12.1 Å². The van der Waals surface area contributed by atoms with Crippen LogP contribution in [0, 0.1) is 5.92 Å². The minimum absolute atomic E-state index is 0.141. The second-order valence-corrected chi connectivity index (χ2v) is 4.71. The lowest BCUT2D eigenvalue weighted by Crippen LogP contribution is -2.29. The number of methoxy groups -OCH3 is 1. The molecule has 3 nitrogen and oxygen atoms in total. The van der Waals surface area contributed by atoms with Gasteiger partial charge < -0.3 is 10.5 Å². The number of rotatable bonds is 3. The summed E-state index contributed by atoms with van der Waals surface area (Å²) in [5, 5.41) is 0. The minimum Gasteiger partial charge on any atom is -0.497 e. The van der Waals surface area contributed by atoms with E-state index in [1.54, 1.807) is 7.11 Å². The van der Waals surface area contributed by atoms with Crippen molar-refractivity contribution in [3.05, 3.63) is 29.8 Å². The van der Waals surface area contributed by atoms with Gasteiger partial charge in [0, 0.05) is 17.5 Å². The molecule has 0 radical (unpaired) electrons. The van der Waals surface area contributed by atoms with Crippen molar-refractivity contribution in [2.75, 3.05) is 7.11 Å². The summed E-state index contributed by atoms with van der Waals surface area (Å²) < 4.78 is 5.14. The third kappa shape index (κ3) is 2.86. The monoisotopic (exact) mass is 233 g/mol. The van der Waals surface area contributed by atoms with Crippen LogP contribution < -0.4 is 10.5 Å². The van der Waals surface area contributed by atoms with Crippen LogP contribution in [-0.4, -0.2) is 18.9 Å². The van der Waals surface area contributed by atoms with Crippen molar-refractivity contribution in [1.82, 2.24) is 0 Å². The molecule has 2 rings (SSSR count). The Hall–Kier alpha value is -1.35. The zero-order valence-corrected chi connectivity index (χ0v) is 10.2. The van der Waals surface area contributed by atoms with Crippen LogP contribution in [0.3, 0.4) is 0 Å². The van der Waals surface area contributed by atoms with E-state index in [0.717, 1.165) is 37.0 Å². The first kappa shape index (κ1) is 12.1. The van der Waals surface area contributed by atoms with E-state index in [1.807, 2.05) is 24.3 Å².